The van der Waals surface area contributed by atoms with Gasteiger partial charge in [0.05, 0.1) is 40.6 Å². The molecule has 0 amide bonds. The summed E-state index contributed by atoms with van der Waals surface area (Å²) in [4.78, 5) is -0.524. The van der Waals surface area contributed by atoms with E-state index in [1.54, 1.807) is 23.2 Å². The zero-order chi connectivity index (χ0) is 25.2. The van der Waals surface area contributed by atoms with Gasteiger partial charge >= 0.3 is 0 Å². The van der Waals surface area contributed by atoms with Crippen LogP contribution in [0.15, 0.2) is 70.7 Å². The van der Waals surface area contributed by atoms with Crippen molar-refractivity contribution in [1.82, 2.24) is 4.72 Å². The van der Waals surface area contributed by atoms with Gasteiger partial charge in [-0.2, -0.15) is 5.10 Å². The molecule has 1 heterocycles. The number of nitrogens with one attached hydrogen (secondary N) is 1. The molecule has 0 bridgehead atoms. The number of halogens is 4. The van der Waals surface area contributed by atoms with E-state index in [1.165, 1.54) is 12.1 Å². The molecule has 3 aromatic rings. The van der Waals surface area contributed by atoms with Crippen LogP contribution in [0.3, 0.4) is 0 Å². The molecule has 35 heavy (non-hydrogen) atoms. The van der Waals surface area contributed by atoms with Crippen molar-refractivity contribution in [3.8, 4) is 5.75 Å². The summed E-state index contributed by atoms with van der Waals surface area (Å²) in [7, 11) is -4.16. The average molecular weight is 557 g/mol. The molecule has 184 valence electrons. The second kappa shape index (κ2) is 10.7. The van der Waals surface area contributed by atoms with E-state index in [0.717, 1.165) is 17.4 Å². The summed E-state index contributed by atoms with van der Waals surface area (Å²) in [5, 5.41) is 6.99. The third kappa shape index (κ3) is 5.73. The standard InChI is InChI=1S/C24H21Cl3FN3O3S/c1-2-34-18-9-6-15(7-10-18)22-13-17(30-31(22)21-11-8-16(25)12-20(21)27)14-29-35(32,33)23-5-3-4-19(26)24(23)28/h3-12,22,29H,2,13-14H2,1H3/t22-/m1/s1. The Kier molecular flexibility index (Phi) is 7.88. The number of hydrogen-bond acceptors (Lipinski definition) is 5. The van der Waals surface area contributed by atoms with Crippen LogP contribution in [0.5, 0.6) is 5.75 Å². The molecule has 6 nitrogen and oxygen atoms in total. The molecular formula is C24H21Cl3FN3O3S. The Bertz CT molecular complexity index is 1370. The monoisotopic (exact) mass is 555 g/mol. The second-order valence-electron chi connectivity index (χ2n) is 7.71. The van der Waals surface area contributed by atoms with Gasteiger partial charge < -0.3 is 4.74 Å². The minimum absolute atomic E-state index is 0.122. The second-order valence-corrected chi connectivity index (χ2v) is 10.7. The smallest absolute Gasteiger partial charge is 0.243 e. The maximum Gasteiger partial charge on any atom is 0.243 e. The normalized spacial score (nSPS) is 15.9. The van der Waals surface area contributed by atoms with E-state index in [1.807, 2.05) is 31.2 Å². The molecule has 0 aromatic heterocycles. The summed E-state index contributed by atoms with van der Waals surface area (Å²) in [5.74, 6) is -0.264. The van der Waals surface area contributed by atoms with Crippen LogP contribution < -0.4 is 14.5 Å². The fourth-order valence-corrected chi connectivity index (χ4v) is 5.57. The summed E-state index contributed by atoms with van der Waals surface area (Å²) in [6.07, 6.45) is 0.410. The van der Waals surface area contributed by atoms with Crippen LogP contribution >= 0.6 is 34.8 Å². The van der Waals surface area contributed by atoms with Crippen molar-refractivity contribution >= 4 is 56.2 Å². The van der Waals surface area contributed by atoms with Crippen molar-refractivity contribution in [2.75, 3.05) is 18.2 Å². The molecule has 0 spiro atoms. The van der Waals surface area contributed by atoms with Crippen LogP contribution in [0.25, 0.3) is 0 Å². The molecular weight excluding hydrogens is 536 g/mol. The Labute approximate surface area is 218 Å². The molecule has 1 N–H and O–H groups in total. The van der Waals surface area contributed by atoms with Gasteiger partial charge in [0.2, 0.25) is 10.0 Å². The molecule has 3 aromatic carbocycles. The number of hydrogen-bond donors (Lipinski definition) is 1. The van der Waals surface area contributed by atoms with Crippen molar-refractivity contribution in [2.45, 2.75) is 24.3 Å². The largest absolute Gasteiger partial charge is 0.494 e. The molecule has 11 heteroatoms. The Morgan fingerprint density at radius 1 is 1.09 bits per heavy atom. The minimum atomic E-state index is -4.16. The van der Waals surface area contributed by atoms with Gasteiger partial charge in [-0.05, 0) is 55.0 Å². The van der Waals surface area contributed by atoms with E-state index in [2.05, 4.69) is 9.82 Å². The third-order valence-corrected chi connectivity index (χ3v) is 7.63. The molecule has 0 aliphatic carbocycles. The highest BCUT2D eigenvalue weighted by Crippen LogP contribution is 2.40. The summed E-state index contributed by atoms with van der Waals surface area (Å²) in [6.45, 7) is 2.34. The van der Waals surface area contributed by atoms with Crippen molar-refractivity contribution in [1.29, 1.82) is 0 Å². The predicted octanol–water partition coefficient (Wildman–Crippen LogP) is 6.47. The maximum absolute atomic E-state index is 14.3. The number of ether oxygens (including phenoxy) is 1. The lowest BCUT2D eigenvalue weighted by atomic mass is 10.0. The number of nitrogens with zero attached hydrogens (tertiary/aromatic N) is 2. The van der Waals surface area contributed by atoms with Crippen molar-refractivity contribution in [2.24, 2.45) is 5.10 Å². The fourth-order valence-electron chi connectivity index (χ4n) is 3.73. The van der Waals surface area contributed by atoms with Gasteiger partial charge in [-0.1, -0.05) is 53.0 Å². The van der Waals surface area contributed by atoms with E-state index in [4.69, 9.17) is 39.5 Å². The number of hydrazone groups is 1. The van der Waals surface area contributed by atoms with Gasteiger partial charge in [-0.25, -0.2) is 17.5 Å². The molecule has 0 radical (unpaired) electrons. The summed E-state index contributed by atoms with van der Waals surface area (Å²) in [6, 6.07) is 16.2. The van der Waals surface area contributed by atoms with Gasteiger partial charge in [0.1, 0.15) is 10.6 Å². The highest BCUT2D eigenvalue weighted by Gasteiger charge is 2.31. The van der Waals surface area contributed by atoms with Crippen molar-refractivity contribution < 1.29 is 17.5 Å². The molecule has 1 aliphatic rings. The van der Waals surface area contributed by atoms with E-state index in [0.29, 0.717) is 34.5 Å². The first-order valence-electron chi connectivity index (χ1n) is 10.7. The SMILES string of the molecule is CCOc1ccc([C@H]2CC(CNS(=O)(=O)c3cccc(Cl)c3F)=NN2c2ccc(Cl)cc2Cl)cc1. The molecule has 0 unspecified atom stereocenters. The molecule has 0 saturated carbocycles. The van der Waals surface area contributed by atoms with Gasteiger partial charge in [-0.3, -0.25) is 5.01 Å². The topological polar surface area (TPSA) is 71.0 Å². The van der Waals surface area contributed by atoms with Crippen LogP contribution in [0.1, 0.15) is 24.9 Å². The number of sulfonamides is 1. The number of benzene rings is 3. The van der Waals surface area contributed by atoms with Crippen LogP contribution in [-0.4, -0.2) is 27.3 Å². The van der Waals surface area contributed by atoms with Gasteiger partial charge in [-0.15, -0.1) is 0 Å². The molecule has 4 rings (SSSR count). The summed E-state index contributed by atoms with van der Waals surface area (Å²) in [5.41, 5.74) is 2.09. The maximum atomic E-state index is 14.3. The highest BCUT2D eigenvalue weighted by atomic mass is 35.5. The van der Waals surface area contributed by atoms with E-state index >= 15 is 0 Å². The molecule has 1 atom stereocenters. The van der Waals surface area contributed by atoms with Gasteiger partial charge in [0.15, 0.2) is 5.82 Å². The first kappa shape index (κ1) is 25.7. The van der Waals surface area contributed by atoms with E-state index in [9.17, 15) is 12.8 Å². The Balaban J connectivity index is 1.62. The van der Waals surface area contributed by atoms with Crippen LogP contribution in [-0.2, 0) is 10.0 Å². The summed E-state index contributed by atoms with van der Waals surface area (Å²) >= 11 is 18.3. The van der Waals surface area contributed by atoms with Crippen LogP contribution in [0.2, 0.25) is 15.1 Å². The van der Waals surface area contributed by atoms with Crippen molar-refractivity contribution in [3.05, 3.63) is 87.1 Å². The Hall–Kier alpha value is -2.36. The molecule has 0 saturated heterocycles. The summed E-state index contributed by atoms with van der Waals surface area (Å²) < 4.78 is 47.7. The quantitative estimate of drug-likeness (QED) is 0.345. The zero-order valence-corrected chi connectivity index (χ0v) is 21.6. The van der Waals surface area contributed by atoms with Crippen molar-refractivity contribution in [3.63, 3.8) is 0 Å². The van der Waals surface area contributed by atoms with E-state index < -0.39 is 20.7 Å². The highest BCUT2D eigenvalue weighted by molar-refractivity contribution is 7.89. The minimum Gasteiger partial charge on any atom is -0.494 e. The Morgan fingerprint density at radius 2 is 1.83 bits per heavy atom. The van der Waals surface area contributed by atoms with Crippen LogP contribution in [0, 0.1) is 5.82 Å². The van der Waals surface area contributed by atoms with Gasteiger partial charge in [0.25, 0.3) is 0 Å². The lowest BCUT2D eigenvalue weighted by molar-refractivity contribution is 0.340. The lowest BCUT2D eigenvalue weighted by Crippen LogP contribution is -2.30. The van der Waals surface area contributed by atoms with Gasteiger partial charge in [0, 0.05) is 11.4 Å². The number of anilines is 1. The Morgan fingerprint density at radius 3 is 2.51 bits per heavy atom. The van der Waals surface area contributed by atoms with E-state index in [-0.39, 0.29) is 17.6 Å². The third-order valence-electron chi connectivity index (χ3n) is 5.38. The van der Waals surface area contributed by atoms with Crippen LogP contribution in [0.4, 0.5) is 10.1 Å². The number of rotatable bonds is 8. The first-order chi connectivity index (χ1) is 16.7. The lowest BCUT2D eigenvalue weighted by Gasteiger charge is -2.25. The predicted molar refractivity (Wildman–Crippen MR) is 138 cm³/mol. The first-order valence-corrected chi connectivity index (χ1v) is 13.3. The molecule has 0 fully saturated rings. The fraction of sp³-hybridized carbons (Fsp3) is 0.208. The average Bonchev–Trinajstić information content (AvgIpc) is 3.24. The molecule has 1 aliphatic heterocycles. The zero-order valence-electron chi connectivity index (χ0n) is 18.5.